The molecular weight excluding hydrogens is 342 g/mol. The van der Waals surface area contributed by atoms with Gasteiger partial charge in [0.05, 0.1) is 12.5 Å². The standard InChI is InChI=1S/C21H17N3O3/c1-14-3-2-4-18(11-14)21-24-23-20(27-21)17-7-5-16(6-8-17)19(25)22-12-15-9-10-26-13-15/h2-11,13H,12H2,1H3,(H,22,25). The molecule has 0 bridgehead atoms. The largest absolute Gasteiger partial charge is 0.472 e. The monoisotopic (exact) mass is 359 g/mol. The molecule has 27 heavy (non-hydrogen) atoms. The molecule has 0 radical (unpaired) electrons. The number of nitrogens with one attached hydrogen (secondary N) is 1. The van der Waals surface area contributed by atoms with Crippen LogP contribution < -0.4 is 5.32 Å². The van der Waals surface area contributed by atoms with Crippen LogP contribution in [0.3, 0.4) is 0 Å². The summed E-state index contributed by atoms with van der Waals surface area (Å²) in [6, 6.07) is 16.7. The molecule has 4 aromatic rings. The van der Waals surface area contributed by atoms with E-state index in [9.17, 15) is 4.79 Å². The van der Waals surface area contributed by atoms with Gasteiger partial charge in [-0.2, -0.15) is 0 Å². The smallest absolute Gasteiger partial charge is 0.251 e. The minimum Gasteiger partial charge on any atom is -0.472 e. The van der Waals surface area contributed by atoms with E-state index in [1.165, 1.54) is 0 Å². The molecule has 0 aliphatic rings. The second-order valence-corrected chi connectivity index (χ2v) is 6.17. The first-order valence-corrected chi connectivity index (χ1v) is 8.49. The first kappa shape index (κ1) is 16.8. The van der Waals surface area contributed by atoms with Crippen LogP contribution in [0.25, 0.3) is 22.9 Å². The molecule has 2 heterocycles. The van der Waals surface area contributed by atoms with E-state index in [1.807, 2.05) is 37.3 Å². The number of aryl methyl sites for hydroxylation is 1. The van der Waals surface area contributed by atoms with Gasteiger partial charge in [-0.15, -0.1) is 10.2 Å². The van der Waals surface area contributed by atoms with Crippen molar-refractivity contribution in [3.05, 3.63) is 83.8 Å². The van der Waals surface area contributed by atoms with Crippen molar-refractivity contribution in [1.82, 2.24) is 15.5 Å². The number of rotatable bonds is 5. The average molecular weight is 359 g/mol. The average Bonchev–Trinajstić information content (AvgIpc) is 3.38. The number of aromatic nitrogens is 2. The highest BCUT2D eigenvalue weighted by atomic mass is 16.4. The molecule has 1 N–H and O–H groups in total. The molecule has 0 spiro atoms. The third-order valence-electron chi connectivity index (χ3n) is 4.12. The van der Waals surface area contributed by atoms with Crippen LogP contribution in [0.5, 0.6) is 0 Å². The summed E-state index contributed by atoms with van der Waals surface area (Å²) < 4.78 is 10.8. The molecule has 6 nitrogen and oxygen atoms in total. The van der Waals surface area contributed by atoms with Crippen molar-refractivity contribution in [2.45, 2.75) is 13.5 Å². The van der Waals surface area contributed by atoms with Gasteiger partial charge in [-0.25, -0.2) is 0 Å². The van der Waals surface area contributed by atoms with Crippen molar-refractivity contribution in [3.8, 4) is 22.9 Å². The van der Waals surface area contributed by atoms with Crippen molar-refractivity contribution < 1.29 is 13.6 Å². The number of nitrogens with zero attached hydrogens (tertiary/aromatic N) is 2. The zero-order valence-corrected chi connectivity index (χ0v) is 14.7. The van der Waals surface area contributed by atoms with E-state index >= 15 is 0 Å². The Balaban J connectivity index is 1.47. The number of hydrogen-bond acceptors (Lipinski definition) is 5. The van der Waals surface area contributed by atoms with E-state index in [2.05, 4.69) is 15.5 Å². The molecule has 0 fully saturated rings. The summed E-state index contributed by atoms with van der Waals surface area (Å²) >= 11 is 0. The van der Waals surface area contributed by atoms with E-state index < -0.39 is 0 Å². The van der Waals surface area contributed by atoms with E-state index in [4.69, 9.17) is 8.83 Å². The molecule has 134 valence electrons. The van der Waals surface area contributed by atoms with Gasteiger partial charge < -0.3 is 14.2 Å². The van der Waals surface area contributed by atoms with E-state index in [0.29, 0.717) is 23.9 Å². The highest BCUT2D eigenvalue weighted by Gasteiger charge is 2.12. The number of carbonyl (C=O) groups is 1. The predicted octanol–water partition coefficient (Wildman–Crippen LogP) is 4.24. The van der Waals surface area contributed by atoms with Crippen molar-refractivity contribution in [2.75, 3.05) is 0 Å². The Bertz CT molecular complexity index is 1050. The Labute approximate surface area is 155 Å². The first-order valence-electron chi connectivity index (χ1n) is 8.49. The van der Waals surface area contributed by atoms with Gasteiger partial charge in [-0.1, -0.05) is 17.7 Å². The number of amides is 1. The molecule has 0 aliphatic carbocycles. The molecule has 2 aromatic carbocycles. The lowest BCUT2D eigenvalue weighted by Crippen LogP contribution is -2.22. The van der Waals surface area contributed by atoms with Crippen LogP contribution in [0.2, 0.25) is 0 Å². The lowest BCUT2D eigenvalue weighted by molar-refractivity contribution is 0.0951. The van der Waals surface area contributed by atoms with Gasteiger partial charge in [-0.05, 0) is 49.4 Å². The van der Waals surface area contributed by atoms with Gasteiger partial charge in [0.15, 0.2) is 0 Å². The Kier molecular flexibility index (Phi) is 4.53. The summed E-state index contributed by atoms with van der Waals surface area (Å²) in [6.07, 6.45) is 3.18. The fourth-order valence-electron chi connectivity index (χ4n) is 2.68. The number of furan rings is 1. The third kappa shape index (κ3) is 3.79. The lowest BCUT2D eigenvalue weighted by atomic mass is 10.1. The molecule has 1 amide bonds. The quantitative estimate of drug-likeness (QED) is 0.576. The maximum Gasteiger partial charge on any atom is 0.251 e. The van der Waals surface area contributed by atoms with Crippen molar-refractivity contribution >= 4 is 5.91 Å². The van der Waals surface area contributed by atoms with Crippen LogP contribution in [0.1, 0.15) is 21.5 Å². The highest BCUT2D eigenvalue weighted by Crippen LogP contribution is 2.24. The third-order valence-corrected chi connectivity index (χ3v) is 4.12. The van der Waals surface area contributed by atoms with Crippen molar-refractivity contribution in [1.29, 1.82) is 0 Å². The zero-order valence-electron chi connectivity index (χ0n) is 14.7. The second-order valence-electron chi connectivity index (χ2n) is 6.17. The molecule has 0 saturated carbocycles. The van der Waals surface area contributed by atoms with Crippen molar-refractivity contribution in [3.63, 3.8) is 0 Å². The molecule has 4 rings (SSSR count). The van der Waals surface area contributed by atoms with Crippen LogP contribution in [0.15, 0.2) is 76.0 Å². The minimum absolute atomic E-state index is 0.159. The normalized spacial score (nSPS) is 10.7. The molecule has 0 aliphatic heterocycles. The summed E-state index contributed by atoms with van der Waals surface area (Å²) in [4.78, 5) is 12.2. The molecule has 0 unspecified atom stereocenters. The Morgan fingerprint density at radius 3 is 2.48 bits per heavy atom. The van der Waals surface area contributed by atoms with Crippen LogP contribution in [0, 0.1) is 6.92 Å². The van der Waals surface area contributed by atoms with Gasteiger partial charge >= 0.3 is 0 Å². The number of benzene rings is 2. The van der Waals surface area contributed by atoms with Gasteiger partial charge in [-0.3, -0.25) is 4.79 Å². The van der Waals surface area contributed by atoms with E-state index in [-0.39, 0.29) is 5.91 Å². The molecule has 0 atom stereocenters. The molecular formula is C21H17N3O3. The Hall–Kier alpha value is -3.67. The second kappa shape index (κ2) is 7.29. The van der Waals surface area contributed by atoms with Crippen LogP contribution in [-0.4, -0.2) is 16.1 Å². The number of carbonyl (C=O) groups excluding carboxylic acids is 1. The van der Waals surface area contributed by atoms with Gasteiger partial charge in [0.25, 0.3) is 5.91 Å². The summed E-state index contributed by atoms with van der Waals surface area (Å²) in [5.41, 5.74) is 4.23. The first-order chi connectivity index (χ1) is 13.2. The number of hydrogen-bond donors (Lipinski definition) is 1. The fourth-order valence-corrected chi connectivity index (χ4v) is 2.68. The SMILES string of the molecule is Cc1cccc(-c2nnc(-c3ccc(C(=O)NCc4ccoc4)cc3)o2)c1. The zero-order chi connectivity index (χ0) is 18.6. The summed E-state index contributed by atoms with van der Waals surface area (Å²) in [6.45, 7) is 2.43. The Morgan fingerprint density at radius 2 is 1.78 bits per heavy atom. The maximum atomic E-state index is 12.2. The van der Waals surface area contributed by atoms with Crippen LogP contribution in [0.4, 0.5) is 0 Å². The Morgan fingerprint density at radius 1 is 1.00 bits per heavy atom. The fraction of sp³-hybridized carbons (Fsp3) is 0.0952. The topological polar surface area (TPSA) is 81.2 Å². The van der Waals surface area contributed by atoms with Crippen molar-refractivity contribution in [2.24, 2.45) is 0 Å². The summed E-state index contributed by atoms with van der Waals surface area (Å²) in [7, 11) is 0. The lowest BCUT2D eigenvalue weighted by Gasteiger charge is -2.04. The van der Waals surface area contributed by atoms with Crippen LogP contribution >= 0.6 is 0 Å². The minimum atomic E-state index is -0.159. The highest BCUT2D eigenvalue weighted by molar-refractivity contribution is 5.94. The predicted molar refractivity (Wildman–Crippen MR) is 99.8 cm³/mol. The molecule has 0 saturated heterocycles. The maximum absolute atomic E-state index is 12.2. The van der Waals surface area contributed by atoms with Crippen LogP contribution in [-0.2, 0) is 6.54 Å². The summed E-state index contributed by atoms with van der Waals surface area (Å²) in [5, 5.41) is 11.1. The van der Waals surface area contributed by atoms with E-state index in [0.717, 1.165) is 22.3 Å². The van der Waals surface area contributed by atoms with E-state index in [1.54, 1.807) is 36.8 Å². The van der Waals surface area contributed by atoms with Gasteiger partial charge in [0, 0.05) is 28.8 Å². The summed E-state index contributed by atoms with van der Waals surface area (Å²) in [5.74, 6) is 0.723. The molecule has 2 aromatic heterocycles. The van der Waals surface area contributed by atoms with Gasteiger partial charge in [0.1, 0.15) is 0 Å². The molecule has 6 heteroatoms. The van der Waals surface area contributed by atoms with Gasteiger partial charge in [0.2, 0.25) is 11.8 Å².